The minimum atomic E-state index is -0.592. The van der Waals surface area contributed by atoms with Gasteiger partial charge in [-0.3, -0.25) is 29.0 Å². The summed E-state index contributed by atoms with van der Waals surface area (Å²) in [5.74, 6) is -2.00. The van der Waals surface area contributed by atoms with Crippen LogP contribution in [-0.4, -0.2) is 85.8 Å². The Morgan fingerprint density at radius 3 is 1.35 bits per heavy atom. The normalized spacial score (nSPS) is 10.9. The summed E-state index contributed by atoms with van der Waals surface area (Å²) in [5.41, 5.74) is 8.29. The van der Waals surface area contributed by atoms with Crippen LogP contribution in [0.25, 0.3) is 0 Å². The van der Waals surface area contributed by atoms with E-state index in [1.165, 1.54) is 22.8 Å². The molecule has 0 unspecified atom stereocenters. The molecule has 0 radical (unpaired) electrons. The van der Waals surface area contributed by atoms with Gasteiger partial charge in [-0.15, -0.1) is 12.4 Å². The van der Waals surface area contributed by atoms with Gasteiger partial charge in [0.15, 0.2) is 5.96 Å². The van der Waals surface area contributed by atoms with Crippen molar-refractivity contribution in [3.05, 3.63) is 83.4 Å². The van der Waals surface area contributed by atoms with Gasteiger partial charge in [0.1, 0.15) is 22.8 Å². The van der Waals surface area contributed by atoms with Crippen LogP contribution in [-0.2, 0) is 33.0 Å². The van der Waals surface area contributed by atoms with E-state index in [0.29, 0.717) is 40.9 Å². The van der Waals surface area contributed by atoms with Crippen LogP contribution in [0.15, 0.2) is 65.7 Å². The van der Waals surface area contributed by atoms with E-state index in [1.54, 1.807) is 91.7 Å². The topological polar surface area (TPSA) is 207 Å². The maximum absolute atomic E-state index is 13.2. The maximum Gasteiger partial charge on any atom is 0.272 e. The quantitative estimate of drug-likeness (QED) is 0.0553. The van der Waals surface area contributed by atoms with Crippen LogP contribution in [0.1, 0.15) is 42.0 Å². The molecule has 4 heterocycles. The first kappa shape index (κ1) is 39.5. The summed E-state index contributed by atoms with van der Waals surface area (Å²) in [6, 6.07) is 6.04. The Labute approximate surface area is 304 Å². The molecule has 4 aromatic heterocycles. The van der Waals surface area contributed by atoms with Crippen LogP contribution in [0.2, 0.25) is 0 Å². The third kappa shape index (κ3) is 9.83. The Balaban J connectivity index is 0.00000702. The summed E-state index contributed by atoms with van der Waals surface area (Å²) in [5, 5.41) is 13.4. The number of aromatic nitrogens is 4. The number of hydrogen-bond donors (Lipinski definition) is 6. The van der Waals surface area contributed by atoms with Crippen LogP contribution < -0.4 is 32.3 Å². The predicted molar refractivity (Wildman–Crippen MR) is 199 cm³/mol. The fraction of sp³-hybridized carbons (Fsp3) is 0.250. The van der Waals surface area contributed by atoms with E-state index >= 15 is 0 Å². The number of hydrogen-bond acceptors (Lipinski definition) is 6. The molecule has 0 aliphatic heterocycles. The van der Waals surface area contributed by atoms with E-state index in [1.807, 2.05) is 0 Å². The first-order valence-electron chi connectivity index (χ1n) is 15.0. The molecule has 5 amide bonds. The van der Waals surface area contributed by atoms with Gasteiger partial charge in [0.05, 0.1) is 34.3 Å². The van der Waals surface area contributed by atoms with Gasteiger partial charge in [0.25, 0.3) is 29.5 Å². The molecule has 4 rings (SSSR count). The summed E-state index contributed by atoms with van der Waals surface area (Å²) in [4.78, 5) is 69.6. The molecule has 0 saturated carbocycles. The molecule has 0 fully saturated rings. The molecular formula is C32H40Cl2N12O5. The number of carbonyl (C=O) groups excluding carboxylic acids is 5. The van der Waals surface area contributed by atoms with Crippen molar-refractivity contribution in [2.45, 2.75) is 0 Å². The molecular weight excluding hydrogens is 703 g/mol. The molecule has 0 aliphatic rings. The lowest BCUT2D eigenvalue weighted by atomic mass is 10.3. The van der Waals surface area contributed by atoms with Crippen molar-refractivity contribution in [2.75, 3.05) is 48.5 Å². The molecule has 0 saturated heterocycles. The van der Waals surface area contributed by atoms with Gasteiger partial charge in [-0.1, -0.05) is 18.2 Å². The Bertz CT molecular complexity index is 2020. The summed E-state index contributed by atoms with van der Waals surface area (Å²) in [7, 11) is 10.2. The second-order valence-electron chi connectivity index (χ2n) is 11.5. The molecule has 51 heavy (non-hydrogen) atoms. The minimum absolute atomic E-state index is 0. The lowest BCUT2D eigenvalue weighted by Gasteiger charge is -2.10. The van der Waals surface area contributed by atoms with Gasteiger partial charge in [-0.05, 0) is 24.3 Å². The van der Waals surface area contributed by atoms with Crippen molar-refractivity contribution < 1.29 is 24.0 Å². The number of nitrogens with one attached hydrogen (secondary N) is 5. The van der Waals surface area contributed by atoms with Crippen molar-refractivity contribution in [2.24, 2.45) is 38.9 Å². The van der Waals surface area contributed by atoms with Crippen molar-refractivity contribution in [1.29, 1.82) is 0 Å². The van der Waals surface area contributed by atoms with Gasteiger partial charge in [0, 0.05) is 73.6 Å². The van der Waals surface area contributed by atoms with E-state index in [4.69, 9.17) is 17.3 Å². The zero-order valence-corrected chi connectivity index (χ0v) is 30.4. The number of aryl methyl sites for hydroxylation is 4. The molecule has 7 N–H and O–H groups in total. The van der Waals surface area contributed by atoms with E-state index in [9.17, 15) is 24.0 Å². The molecule has 0 bridgehead atoms. The third-order valence-corrected chi connectivity index (χ3v) is 7.53. The molecule has 4 aromatic rings. The standard InChI is InChI=1S/C32H39ClN12O5.ClH/c1-18(33)27(46)37-19-11-24(43(5)14-19)29(48)39-21-13-26(45(7)16-21)31(50)40-22-12-25(44(6)17-22)30(49)38-20-10-23(42(4)15-20)28(47)35-8-9-36-32(34)41(2)3;/h10-17H,1,8-9H2,2-7H3,(H2,34,36)(H,35,47)(H,37,46)(H,38,49)(H,39,48)(H,40,50);1H. The van der Waals surface area contributed by atoms with E-state index < -0.39 is 23.6 Å². The van der Waals surface area contributed by atoms with E-state index in [2.05, 4.69) is 38.2 Å². The number of nitrogens with zero attached hydrogens (tertiary/aromatic N) is 6. The minimum Gasteiger partial charge on any atom is -0.370 e. The second-order valence-corrected chi connectivity index (χ2v) is 12.0. The van der Waals surface area contributed by atoms with Gasteiger partial charge in [-0.2, -0.15) is 0 Å². The Hall–Kier alpha value is -5.94. The Morgan fingerprint density at radius 1 is 0.686 bits per heavy atom. The van der Waals surface area contributed by atoms with Gasteiger partial charge < -0.3 is 55.5 Å². The van der Waals surface area contributed by atoms with E-state index in [0.717, 1.165) is 0 Å². The van der Waals surface area contributed by atoms with Crippen LogP contribution >= 0.6 is 24.0 Å². The number of carbonyl (C=O) groups is 5. The fourth-order valence-electron chi connectivity index (χ4n) is 4.79. The number of rotatable bonds is 12. The highest BCUT2D eigenvalue weighted by Crippen LogP contribution is 2.21. The Kier molecular flexibility index (Phi) is 12.9. The summed E-state index contributed by atoms with van der Waals surface area (Å²) < 4.78 is 6.21. The van der Waals surface area contributed by atoms with Crippen LogP contribution in [0, 0.1) is 0 Å². The summed E-state index contributed by atoms with van der Waals surface area (Å²) in [6.45, 7) is 3.96. The number of amides is 5. The van der Waals surface area contributed by atoms with Crippen molar-refractivity contribution in [1.82, 2.24) is 28.5 Å². The van der Waals surface area contributed by atoms with Gasteiger partial charge >= 0.3 is 0 Å². The smallest absolute Gasteiger partial charge is 0.272 e. The first-order chi connectivity index (χ1) is 23.5. The fourth-order valence-corrected chi connectivity index (χ4v) is 4.84. The molecule has 0 aromatic carbocycles. The monoisotopic (exact) mass is 742 g/mol. The number of anilines is 4. The van der Waals surface area contributed by atoms with Crippen LogP contribution in [0.3, 0.4) is 0 Å². The first-order valence-corrected chi connectivity index (χ1v) is 15.4. The summed E-state index contributed by atoms with van der Waals surface area (Å²) >= 11 is 5.62. The van der Waals surface area contributed by atoms with Gasteiger partial charge in [0.2, 0.25) is 0 Å². The maximum atomic E-state index is 13.2. The third-order valence-electron chi connectivity index (χ3n) is 7.36. The van der Waals surface area contributed by atoms with Gasteiger partial charge in [-0.25, -0.2) is 0 Å². The molecule has 0 atom stereocenters. The summed E-state index contributed by atoms with van der Waals surface area (Å²) in [6.07, 6.45) is 6.31. The lowest BCUT2D eigenvalue weighted by molar-refractivity contribution is -0.112. The van der Waals surface area contributed by atoms with E-state index in [-0.39, 0.29) is 47.0 Å². The molecule has 17 nitrogen and oxygen atoms in total. The predicted octanol–water partition coefficient (Wildman–Crippen LogP) is 2.52. The SMILES string of the molecule is C=C(Cl)C(=O)Nc1cc(C(=O)Nc2cc(C(=O)Nc3cc(C(=O)Nc4cc(C(=O)NCCN=C(N)N(C)C)n(C)c4)n(C)c3)n(C)c2)n(C)c1.Cl. The Morgan fingerprint density at radius 2 is 1.02 bits per heavy atom. The number of guanidine groups is 1. The average Bonchev–Trinajstić information content (AvgIpc) is 3.80. The average molecular weight is 744 g/mol. The molecule has 272 valence electrons. The number of nitrogens with two attached hydrogens (primary N) is 1. The highest BCUT2D eigenvalue weighted by Gasteiger charge is 2.20. The van der Waals surface area contributed by atoms with Crippen molar-refractivity contribution in [3.63, 3.8) is 0 Å². The van der Waals surface area contributed by atoms with Crippen LogP contribution in [0.4, 0.5) is 22.7 Å². The van der Waals surface area contributed by atoms with Crippen LogP contribution in [0.5, 0.6) is 0 Å². The largest absolute Gasteiger partial charge is 0.370 e. The highest BCUT2D eigenvalue weighted by molar-refractivity contribution is 6.43. The highest BCUT2D eigenvalue weighted by atomic mass is 35.5. The molecule has 0 aliphatic carbocycles. The number of halogens is 2. The zero-order valence-electron chi connectivity index (χ0n) is 28.8. The number of aliphatic imine (C=N–C) groups is 1. The molecule has 0 spiro atoms. The second kappa shape index (κ2) is 16.6. The molecule has 19 heteroatoms. The van der Waals surface area contributed by atoms with Crippen molar-refractivity contribution in [3.8, 4) is 0 Å². The van der Waals surface area contributed by atoms with Crippen molar-refractivity contribution >= 4 is 82.3 Å². The zero-order chi connectivity index (χ0) is 36.9. The lowest BCUT2D eigenvalue weighted by Crippen LogP contribution is -2.32.